The lowest BCUT2D eigenvalue weighted by molar-refractivity contribution is 0.102. The van der Waals surface area contributed by atoms with Crippen LogP contribution in [-0.2, 0) is 0 Å². The molecule has 0 saturated carbocycles. The fraction of sp³-hybridized carbons (Fsp3) is 0.250. The predicted molar refractivity (Wildman–Crippen MR) is 96.9 cm³/mol. The van der Waals surface area contributed by atoms with Crippen LogP contribution >= 0.6 is 0 Å². The van der Waals surface area contributed by atoms with Crippen molar-refractivity contribution in [1.82, 2.24) is 0 Å². The molecule has 126 valence electrons. The number of ether oxygens (including phenoxy) is 2. The molecule has 4 heteroatoms. The molecular formula is C20H23NO3. The molecule has 1 amide bonds. The van der Waals surface area contributed by atoms with Crippen LogP contribution < -0.4 is 14.8 Å². The van der Waals surface area contributed by atoms with E-state index in [-0.39, 0.29) is 5.91 Å². The predicted octanol–water partition coefficient (Wildman–Crippen LogP) is 4.68. The lowest BCUT2D eigenvalue weighted by Crippen LogP contribution is -2.11. The van der Waals surface area contributed by atoms with E-state index in [0.29, 0.717) is 24.5 Å². The van der Waals surface area contributed by atoms with Crippen LogP contribution in [0.2, 0.25) is 0 Å². The normalized spacial score (nSPS) is 10.1. The Bertz CT molecular complexity index is 675. The third-order valence-electron chi connectivity index (χ3n) is 3.19. The molecule has 0 bridgehead atoms. The molecule has 0 spiro atoms. The van der Waals surface area contributed by atoms with Gasteiger partial charge in [-0.2, -0.15) is 0 Å². The zero-order chi connectivity index (χ0) is 17.4. The van der Waals surface area contributed by atoms with Crippen LogP contribution in [0.4, 0.5) is 5.69 Å². The molecule has 2 aromatic carbocycles. The van der Waals surface area contributed by atoms with Gasteiger partial charge in [0.25, 0.3) is 5.91 Å². The molecule has 2 aromatic rings. The van der Waals surface area contributed by atoms with Crippen molar-refractivity contribution in [2.45, 2.75) is 20.3 Å². The van der Waals surface area contributed by atoms with Gasteiger partial charge in [-0.1, -0.05) is 13.5 Å². The molecule has 0 aliphatic rings. The second-order valence-corrected chi connectivity index (χ2v) is 5.60. The molecule has 24 heavy (non-hydrogen) atoms. The minimum absolute atomic E-state index is 0.160. The Hall–Kier alpha value is -2.75. The number of hydrogen-bond acceptors (Lipinski definition) is 3. The quantitative estimate of drug-likeness (QED) is 0.717. The molecule has 0 radical (unpaired) electrons. The summed E-state index contributed by atoms with van der Waals surface area (Å²) in [7, 11) is 0. The van der Waals surface area contributed by atoms with E-state index < -0.39 is 0 Å². The van der Waals surface area contributed by atoms with Crippen LogP contribution in [0, 0.1) is 0 Å². The summed E-state index contributed by atoms with van der Waals surface area (Å²) in [4.78, 5) is 12.2. The topological polar surface area (TPSA) is 47.6 Å². The highest BCUT2D eigenvalue weighted by atomic mass is 16.5. The monoisotopic (exact) mass is 325 g/mol. The molecular weight excluding hydrogens is 302 g/mol. The van der Waals surface area contributed by atoms with Crippen LogP contribution in [0.15, 0.2) is 60.7 Å². The highest BCUT2D eigenvalue weighted by Gasteiger charge is 2.06. The number of nitrogens with one attached hydrogen (secondary N) is 1. The average Bonchev–Trinajstić information content (AvgIpc) is 2.59. The van der Waals surface area contributed by atoms with Gasteiger partial charge in [0.1, 0.15) is 18.1 Å². The van der Waals surface area contributed by atoms with Gasteiger partial charge in [0.05, 0.1) is 6.61 Å². The molecule has 1 N–H and O–H groups in total. The Morgan fingerprint density at radius 1 is 1.00 bits per heavy atom. The van der Waals surface area contributed by atoms with Gasteiger partial charge in [0.15, 0.2) is 0 Å². The average molecular weight is 325 g/mol. The summed E-state index contributed by atoms with van der Waals surface area (Å²) in [5, 5.41) is 2.86. The maximum Gasteiger partial charge on any atom is 0.255 e. The van der Waals surface area contributed by atoms with E-state index in [1.165, 1.54) is 0 Å². The van der Waals surface area contributed by atoms with E-state index in [0.717, 1.165) is 23.5 Å². The first-order chi connectivity index (χ1) is 11.6. The number of anilines is 1. The fourth-order valence-electron chi connectivity index (χ4n) is 1.97. The largest absolute Gasteiger partial charge is 0.494 e. The van der Waals surface area contributed by atoms with Crippen molar-refractivity contribution in [2.75, 3.05) is 18.5 Å². The van der Waals surface area contributed by atoms with Crippen LogP contribution in [-0.4, -0.2) is 19.1 Å². The number of carbonyl (C=O) groups excluding carboxylic acids is 1. The number of benzene rings is 2. The van der Waals surface area contributed by atoms with Crippen molar-refractivity contribution in [2.24, 2.45) is 0 Å². The number of rotatable bonds is 8. The number of amides is 1. The number of carbonyl (C=O) groups is 1. The lowest BCUT2D eigenvalue weighted by Gasteiger charge is -2.09. The molecule has 0 aromatic heterocycles. The maximum atomic E-state index is 12.2. The van der Waals surface area contributed by atoms with Gasteiger partial charge in [-0.3, -0.25) is 4.79 Å². The van der Waals surface area contributed by atoms with Crippen molar-refractivity contribution < 1.29 is 14.3 Å². The van der Waals surface area contributed by atoms with Crippen molar-refractivity contribution >= 4 is 11.6 Å². The molecule has 0 saturated heterocycles. The summed E-state index contributed by atoms with van der Waals surface area (Å²) in [6.07, 6.45) is 0.953. The molecule has 0 heterocycles. The van der Waals surface area contributed by atoms with Crippen LogP contribution in [0.1, 0.15) is 30.6 Å². The van der Waals surface area contributed by atoms with E-state index in [4.69, 9.17) is 9.47 Å². The van der Waals surface area contributed by atoms with Crippen molar-refractivity contribution in [1.29, 1.82) is 0 Å². The zero-order valence-corrected chi connectivity index (χ0v) is 14.2. The van der Waals surface area contributed by atoms with E-state index >= 15 is 0 Å². The molecule has 2 rings (SSSR count). The minimum Gasteiger partial charge on any atom is -0.494 e. The SMILES string of the molecule is C=C(C)COc1ccc(NC(=O)c2ccc(OCCC)cc2)cc1. The molecule has 0 fully saturated rings. The zero-order valence-electron chi connectivity index (χ0n) is 14.2. The summed E-state index contributed by atoms with van der Waals surface area (Å²) in [5.41, 5.74) is 2.26. The smallest absolute Gasteiger partial charge is 0.255 e. The third kappa shape index (κ3) is 5.47. The first-order valence-corrected chi connectivity index (χ1v) is 8.00. The molecule has 0 unspecified atom stereocenters. The maximum absolute atomic E-state index is 12.2. The molecule has 0 atom stereocenters. The van der Waals surface area contributed by atoms with Gasteiger partial charge >= 0.3 is 0 Å². The summed E-state index contributed by atoms with van der Waals surface area (Å²) in [5.74, 6) is 1.36. The second kappa shape index (κ2) is 8.77. The van der Waals surface area contributed by atoms with Gasteiger partial charge < -0.3 is 14.8 Å². The van der Waals surface area contributed by atoms with E-state index in [1.54, 1.807) is 24.3 Å². The Morgan fingerprint density at radius 2 is 1.58 bits per heavy atom. The van der Waals surface area contributed by atoms with Gasteiger partial charge in [0.2, 0.25) is 0 Å². The summed E-state index contributed by atoms with van der Waals surface area (Å²) in [6, 6.07) is 14.4. The lowest BCUT2D eigenvalue weighted by atomic mass is 10.2. The summed E-state index contributed by atoms with van der Waals surface area (Å²) in [6.45, 7) is 8.91. The molecule has 4 nitrogen and oxygen atoms in total. The van der Waals surface area contributed by atoms with E-state index in [2.05, 4.69) is 18.8 Å². The van der Waals surface area contributed by atoms with Crippen molar-refractivity contribution in [3.63, 3.8) is 0 Å². The first-order valence-electron chi connectivity index (χ1n) is 8.00. The van der Waals surface area contributed by atoms with Gasteiger partial charge in [-0.05, 0) is 67.4 Å². The molecule has 0 aliphatic heterocycles. The first kappa shape index (κ1) is 17.6. The standard InChI is InChI=1S/C20H23NO3/c1-4-13-23-18-9-5-16(6-10-18)20(22)21-17-7-11-19(12-8-17)24-14-15(2)3/h5-12H,2,4,13-14H2,1,3H3,(H,21,22). The van der Waals surface area contributed by atoms with Crippen LogP contribution in [0.25, 0.3) is 0 Å². The van der Waals surface area contributed by atoms with Gasteiger partial charge in [0, 0.05) is 11.3 Å². The van der Waals surface area contributed by atoms with Crippen molar-refractivity contribution in [3.8, 4) is 11.5 Å². The van der Waals surface area contributed by atoms with Crippen molar-refractivity contribution in [3.05, 3.63) is 66.2 Å². The highest BCUT2D eigenvalue weighted by molar-refractivity contribution is 6.04. The second-order valence-electron chi connectivity index (χ2n) is 5.60. The Morgan fingerprint density at radius 3 is 2.17 bits per heavy atom. The van der Waals surface area contributed by atoms with E-state index in [1.807, 2.05) is 31.2 Å². The number of hydrogen-bond donors (Lipinski definition) is 1. The van der Waals surface area contributed by atoms with Gasteiger partial charge in [-0.15, -0.1) is 0 Å². The fourth-order valence-corrected chi connectivity index (χ4v) is 1.97. The summed E-state index contributed by atoms with van der Waals surface area (Å²) < 4.78 is 11.0. The Balaban J connectivity index is 1.92. The van der Waals surface area contributed by atoms with Crippen LogP contribution in [0.3, 0.4) is 0 Å². The molecule has 0 aliphatic carbocycles. The van der Waals surface area contributed by atoms with E-state index in [9.17, 15) is 4.79 Å². The highest BCUT2D eigenvalue weighted by Crippen LogP contribution is 2.18. The minimum atomic E-state index is -0.160. The van der Waals surface area contributed by atoms with Gasteiger partial charge in [-0.25, -0.2) is 0 Å². The summed E-state index contributed by atoms with van der Waals surface area (Å²) >= 11 is 0. The Kier molecular flexibility index (Phi) is 6.43. The van der Waals surface area contributed by atoms with Crippen LogP contribution in [0.5, 0.6) is 11.5 Å². The third-order valence-corrected chi connectivity index (χ3v) is 3.19. The Labute approximate surface area is 143 Å².